The number of rotatable bonds is 6. The van der Waals surface area contributed by atoms with Gasteiger partial charge >= 0.3 is 5.97 Å². The summed E-state index contributed by atoms with van der Waals surface area (Å²) in [7, 11) is 0. The number of ether oxygens (including phenoxy) is 1. The molecule has 1 heterocycles. The summed E-state index contributed by atoms with van der Waals surface area (Å²) in [6, 6.07) is 13.4. The van der Waals surface area contributed by atoms with Gasteiger partial charge in [0.15, 0.2) is 17.3 Å². The first-order chi connectivity index (χ1) is 15.3. The number of carboxylic acid groups (broad SMARTS) is 1. The van der Waals surface area contributed by atoms with Gasteiger partial charge in [-0.1, -0.05) is 29.8 Å². The lowest BCUT2D eigenvalue weighted by molar-refractivity contribution is 0.0689. The maximum absolute atomic E-state index is 14.1. The Kier molecular flexibility index (Phi) is 6.04. The van der Waals surface area contributed by atoms with E-state index >= 15 is 0 Å². The number of hydrogen-bond donors (Lipinski definition) is 1. The van der Waals surface area contributed by atoms with Gasteiger partial charge in [0.2, 0.25) is 0 Å². The monoisotopic (exact) mass is 435 g/mol. The van der Waals surface area contributed by atoms with Crippen molar-refractivity contribution in [2.24, 2.45) is 0 Å². The number of carboxylic acids is 1. The van der Waals surface area contributed by atoms with E-state index in [1.165, 1.54) is 12.1 Å². The Balaban J connectivity index is 1.74. The number of allylic oxidation sites excluding steroid dienone is 2. The predicted octanol–water partition coefficient (Wildman–Crippen LogP) is 6.35. The first kappa shape index (κ1) is 21.7. The van der Waals surface area contributed by atoms with Gasteiger partial charge in [0.05, 0.1) is 5.69 Å². The highest BCUT2D eigenvalue weighted by atomic mass is 19.2. The second-order valence-electron chi connectivity index (χ2n) is 7.98. The highest BCUT2D eigenvalue weighted by Crippen LogP contribution is 2.43. The number of halogens is 2. The molecule has 4 nitrogen and oxygen atoms in total. The van der Waals surface area contributed by atoms with Crippen LogP contribution in [-0.2, 0) is 6.61 Å². The predicted molar refractivity (Wildman–Crippen MR) is 118 cm³/mol. The van der Waals surface area contributed by atoms with Crippen molar-refractivity contribution in [2.75, 3.05) is 0 Å². The summed E-state index contributed by atoms with van der Waals surface area (Å²) >= 11 is 0. The van der Waals surface area contributed by atoms with Crippen molar-refractivity contribution in [2.45, 2.75) is 39.7 Å². The molecular weight excluding hydrogens is 412 g/mol. The number of aromatic nitrogens is 1. The normalized spacial score (nSPS) is 13.5. The van der Waals surface area contributed by atoms with Crippen LogP contribution < -0.4 is 4.74 Å². The third kappa shape index (κ3) is 4.26. The van der Waals surface area contributed by atoms with Crippen molar-refractivity contribution in [1.29, 1.82) is 0 Å². The minimum Gasteiger partial charge on any atom is -0.488 e. The molecule has 4 rings (SSSR count). The Morgan fingerprint density at radius 3 is 2.62 bits per heavy atom. The molecule has 0 unspecified atom stereocenters. The molecule has 2 aromatic carbocycles. The molecule has 0 fully saturated rings. The van der Waals surface area contributed by atoms with Gasteiger partial charge in [0, 0.05) is 11.1 Å². The van der Waals surface area contributed by atoms with E-state index in [-0.39, 0.29) is 17.9 Å². The molecule has 1 N–H and O–H groups in total. The molecule has 1 aromatic heterocycles. The summed E-state index contributed by atoms with van der Waals surface area (Å²) in [5, 5.41) is 9.46. The standard InChI is InChI=1S/C26H23F2NO3/c1-15-9-12-23(32-14-17-5-3-8-21(27)24(17)28)20(13-15)18-6-4-7-19(18)22-11-10-16(2)25(29-22)26(30)31/h3,5,8-13H,4,6-7,14H2,1-2H3,(H,30,31). The molecule has 0 aliphatic heterocycles. The highest BCUT2D eigenvalue weighted by molar-refractivity contribution is 5.95. The van der Waals surface area contributed by atoms with E-state index in [0.717, 1.165) is 47.6 Å². The zero-order valence-corrected chi connectivity index (χ0v) is 17.9. The number of aromatic carboxylic acids is 1. The van der Waals surface area contributed by atoms with Gasteiger partial charge in [-0.25, -0.2) is 18.6 Å². The maximum atomic E-state index is 14.1. The van der Waals surface area contributed by atoms with Gasteiger partial charge in [-0.05, 0) is 74.1 Å². The first-order valence-corrected chi connectivity index (χ1v) is 10.4. The van der Waals surface area contributed by atoms with Gasteiger partial charge in [0.25, 0.3) is 0 Å². The van der Waals surface area contributed by atoms with Crippen LogP contribution in [0.15, 0.2) is 48.5 Å². The Morgan fingerprint density at radius 1 is 1.06 bits per heavy atom. The molecule has 0 amide bonds. The average Bonchev–Trinajstić information content (AvgIpc) is 3.25. The van der Waals surface area contributed by atoms with E-state index in [1.807, 2.05) is 31.2 Å². The Morgan fingerprint density at radius 2 is 1.84 bits per heavy atom. The second-order valence-corrected chi connectivity index (χ2v) is 7.98. The molecular formula is C26H23F2NO3. The van der Waals surface area contributed by atoms with E-state index < -0.39 is 17.6 Å². The Bertz CT molecular complexity index is 1230. The van der Waals surface area contributed by atoms with Crippen LogP contribution in [0.25, 0.3) is 11.1 Å². The zero-order valence-electron chi connectivity index (χ0n) is 17.9. The topological polar surface area (TPSA) is 59.4 Å². The largest absolute Gasteiger partial charge is 0.488 e. The van der Waals surface area contributed by atoms with Crippen LogP contribution in [0.2, 0.25) is 0 Å². The van der Waals surface area contributed by atoms with Crippen molar-refractivity contribution < 1.29 is 23.4 Å². The van der Waals surface area contributed by atoms with E-state index in [1.54, 1.807) is 13.0 Å². The van der Waals surface area contributed by atoms with E-state index in [4.69, 9.17) is 4.74 Å². The van der Waals surface area contributed by atoms with Gasteiger partial charge in [-0.2, -0.15) is 0 Å². The van der Waals surface area contributed by atoms with E-state index in [9.17, 15) is 18.7 Å². The van der Waals surface area contributed by atoms with Crippen molar-refractivity contribution in [3.05, 3.63) is 93.8 Å². The lowest BCUT2D eigenvalue weighted by atomic mass is 9.97. The fourth-order valence-corrected chi connectivity index (χ4v) is 4.06. The number of aryl methyl sites for hydroxylation is 2. The van der Waals surface area contributed by atoms with E-state index in [2.05, 4.69) is 4.98 Å². The van der Waals surface area contributed by atoms with Gasteiger partial charge in [0.1, 0.15) is 12.4 Å². The van der Waals surface area contributed by atoms with Crippen LogP contribution in [0.1, 0.15) is 57.7 Å². The van der Waals surface area contributed by atoms with Crippen LogP contribution in [0.3, 0.4) is 0 Å². The summed E-state index contributed by atoms with van der Waals surface area (Å²) < 4.78 is 33.6. The molecule has 1 aliphatic rings. The summed E-state index contributed by atoms with van der Waals surface area (Å²) in [6.07, 6.45) is 2.48. The Labute approximate surface area is 185 Å². The van der Waals surface area contributed by atoms with Crippen molar-refractivity contribution in [3.8, 4) is 5.75 Å². The molecule has 0 saturated carbocycles. The molecule has 0 radical (unpaired) electrons. The van der Waals surface area contributed by atoms with Crippen LogP contribution in [0.5, 0.6) is 5.75 Å². The van der Waals surface area contributed by atoms with Gasteiger partial charge in [-0.15, -0.1) is 0 Å². The Hall–Kier alpha value is -3.54. The maximum Gasteiger partial charge on any atom is 0.354 e. The summed E-state index contributed by atoms with van der Waals surface area (Å²) in [6.45, 7) is 3.60. The molecule has 164 valence electrons. The molecule has 6 heteroatoms. The fraction of sp³-hybridized carbons (Fsp3) is 0.231. The number of nitrogens with zero attached hydrogens (tertiary/aromatic N) is 1. The molecule has 1 aliphatic carbocycles. The molecule has 32 heavy (non-hydrogen) atoms. The van der Waals surface area contributed by atoms with E-state index in [0.29, 0.717) is 17.0 Å². The fourth-order valence-electron chi connectivity index (χ4n) is 4.06. The van der Waals surface area contributed by atoms with Gasteiger partial charge < -0.3 is 9.84 Å². The number of carbonyl (C=O) groups is 1. The van der Waals surface area contributed by atoms with Crippen LogP contribution in [0.4, 0.5) is 8.78 Å². The van der Waals surface area contributed by atoms with Crippen molar-refractivity contribution in [1.82, 2.24) is 4.98 Å². The third-order valence-electron chi connectivity index (χ3n) is 5.70. The third-order valence-corrected chi connectivity index (χ3v) is 5.70. The molecule has 0 atom stereocenters. The molecule has 0 saturated heterocycles. The van der Waals surface area contributed by atoms with Crippen molar-refractivity contribution >= 4 is 17.1 Å². The lowest BCUT2D eigenvalue weighted by Crippen LogP contribution is -2.06. The lowest BCUT2D eigenvalue weighted by Gasteiger charge is -2.16. The first-order valence-electron chi connectivity index (χ1n) is 10.4. The van der Waals surface area contributed by atoms with Crippen LogP contribution >= 0.6 is 0 Å². The van der Waals surface area contributed by atoms with Gasteiger partial charge in [-0.3, -0.25) is 0 Å². The number of pyridine rings is 1. The summed E-state index contributed by atoms with van der Waals surface area (Å²) in [5.74, 6) is -2.30. The number of hydrogen-bond acceptors (Lipinski definition) is 3. The average molecular weight is 435 g/mol. The molecule has 0 bridgehead atoms. The van der Waals surface area contributed by atoms with Crippen LogP contribution in [0, 0.1) is 25.5 Å². The molecule has 3 aromatic rings. The summed E-state index contributed by atoms with van der Waals surface area (Å²) in [5.41, 5.74) is 5.37. The zero-order chi connectivity index (χ0) is 22.8. The quantitative estimate of drug-likeness (QED) is 0.490. The smallest absolute Gasteiger partial charge is 0.354 e. The minimum absolute atomic E-state index is 0.0449. The molecule has 0 spiro atoms. The minimum atomic E-state index is -1.05. The highest BCUT2D eigenvalue weighted by Gasteiger charge is 2.23. The van der Waals surface area contributed by atoms with Crippen molar-refractivity contribution in [3.63, 3.8) is 0 Å². The summed E-state index contributed by atoms with van der Waals surface area (Å²) in [4.78, 5) is 16.0. The van der Waals surface area contributed by atoms with Crippen LogP contribution in [-0.4, -0.2) is 16.1 Å². The number of benzene rings is 2. The second kappa shape index (κ2) is 8.91. The SMILES string of the molecule is Cc1ccc(OCc2cccc(F)c2F)c(C2=C(c3ccc(C)c(C(=O)O)n3)CCC2)c1.